The highest BCUT2D eigenvalue weighted by atomic mass is 16.2. The van der Waals surface area contributed by atoms with E-state index in [0.717, 1.165) is 32.6 Å². The van der Waals surface area contributed by atoms with Gasteiger partial charge in [-0.3, -0.25) is 14.4 Å². The number of hydrogen-bond acceptors (Lipinski definition) is 4. The summed E-state index contributed by atoms with van der Waals surface area (Å²) < 4.78 is 1.89. The van der Waals surface area contributed by atoms with Crippen molar-refractivity contribution in [3.8, 4) is 0 Å². The van der Waals surface area contributed by atoms with Gasteiger partial charge in [0.1, 0.15) is 6.04 Å². The third-order valence-electron chi connectivity index (χ3n) is 3.48. The van der Waals surface area contributed by atoms with Crippen molar-refractivity contribution in [1.29, 1.82) is 0 Å². The minimum absolute atomic E-state index is 0.0584. The Bertz CT molecular complexity index is 403. The summed E-state index contributed by atoms with van der Waals surface area (Å²) in [4.78, 5) is 14.0. The zero-order valence-corrected chi connectivity index (χ0v) is 11.0. The second kappa shape index (κ2) is 5.97. The maximum absolute atomic E-state index is 11.8. The Labute approximate surface area is 107 Å². The van der Waals surface area contributed by atoms with E-state index in [1.165, 1.54) is 5.69 Å². The minimum Gasteiger partial charge on any atom is -0.358 e. The van der Waals surface area contributed by atoms with E-state index in [0.29, 0.717) is 0 Å². The summed E-state index contributed by atoms with van der Waals surface area (Å²) in [6.45, 7) is 3.47. The van der Waals surface area contributed by atoms with Crippen LogP contribution < -0.4 is 10.6 Å². The van der Waals surface area contributed by atoms with E-state index in [1.54, 1.807) is 7.05 Å². The van der Waals surface area contributed by atoms with Crippen LogP contribution in [0.3, 0.4) is 0 Å². The number of aromatic nitrogens is 2. The lowest BCUT2D eigenvalue weighted by atomic mass is 10.1. The summed E-state index contributed by atoms with van der Waals surface area (Å²) in [7, 11) is 3.64. The molecule has 1 aromatic heterocycles. The van der Waals surface area contributed by atoms with Crippen LogP contribution in [0.2, 0.25) is 0 Å². The van der Waals surface area contributed by atoms with Gasteiger partial charge in [-0.05, 0) is 6.07 Å². The van der Waals surface area contributed by atoms with Gasteiger partial charge in [0.2, 0.25) is 5.91 Å². The summed E-state index contributed by atoms with van der Waals surface area (Å²) in [5.41, 5.74) is 1.20. The second-order valence-electron chi connectivity index (χ2n) is 4.57. The van der Waals surface area contributed by atoms with Crippen LogP contribution in [0.1, 0.15) is 5.69 Å². The van der Waals surface area contributed by atoms with Crippen molar-refractivity contribution in [3.05, 3.63) is 18.0 Å². The fourth-order valence-corrected chi connectivity index (χ4v) is 2.34. The molecule has 1 unspecified atom stereocenters. The van der Waals surface area contributed by atoms with Crippen molar-refractivity contribution in [3.63, 3.8) is 0 Å². The van der Waals surface area contributed by atoms with Crippen LogP contribution >= 0.6 is 0 Å². The molecule has 1 aromatic rings. The third-order valence-corrected chi connectivity index (χ3v) is 3.48. The highest BCUT2D eigenvalue weighted by Crippen LogP contribution is 2.06. The Morgan fingerprint density at radius 2 is 2.50 bits per heavy atom. The number of likely N-dealkylation sites (N-methyl/N-ethyl adjacent to an activating group) is 1. The van der Waals surface area contributed by atoms with Crippen molar-refractivity contribution in [1.82, 2.24) is 25.3 Å². The predicted molar refractivity (Wildman–Crippen MR) is 69.2 cm³/mol. The Hall–Kier alpha value is -1.40. The molecule has 2 heterocycles. The molecule has 0 bridgehead atoms. The molecule has 1 aliphatic heterocycles. The molecule has 6 heteroatoms. The lowest BCUT2D eigenvalue weighted by molar-refractivity contribution is -0.126. The Balaban J connectivity index is 1.93. The molecule has 1 atom stereocenters. The van der Waals surface area contributed by atoms with Gasteiger partial charge in [0.25, 0.3) is 0 Å². The van der Waals surface area contributed by atoms with E-state index in [9.17, 15) is 4.79 Å². The van der Waals surface area contributed by atoms with Gasteiger partial charge in [0, 0.05) is 58.6 Å². The Morgan fingerprint density at radius 3 is 3.17 bits per heavy atom. The van der Waals surface area contributed by atoms with E-state index in [-0.39, 0.29) is 11.9 Å². The summed E-state index contributed by atoms with van der Waals surface area (Å²) >= 11 is 0. The zero-order chi connectivity index (χ0) is 13.0. The van der Waals surface area contributed by atoms with Crippen molar-refractivity contribution in [2.45, 2.75) is 12.5 Å². The van der Waals surface area contributed by atoms with Crippen molar-refractivity contribution < 1.29 is 4.79 Å². The molecule has 2 N–H and O–H groups in total. The van der Waals surface area contributed by atoms with Crippen LogP contribution in [0, 0.1) is 0 Å². The zero-order valence-electron chi connectivity index (χ0n) is 11.0. The maximum atomic E-state index is 11.8. The first-order valence-electron chi connectivity index (χ1n) is 6.35. The topological polar surface area (TPSA) is 62.2 Å². The van der Waals surface area contributed by atoms with Gasteiger partial charge in [-0.15, -0.1) is 0 Å². The number of carbonyl (C=O) groups is 1. The quantitative estimate of drug-likeness (QED) is 0.719. The molecule has 100 valence electrons. The molecule has 1 fully saturated rings. The van der Waals surface area contributed by atoms with E-state index >= 15 is 0 Å². The van der Waals surface area contributed by atoms with E-state index in [2.05, 4.69) is 20.6 Å². The molecule has 1 saturated heterocycles. The van der Waals surface area contributed by atoms with E-state index in [1.807, 2.05) is 24.0 Å². The van der Waals surface area contributed by atoms with Crippen LogP contribution in [0.4, 0.5) is 0 Å². The number of amides is 1. The molecule has 0 spiro atoms. The largest absolute Gasteiger partial charge is 0.358 e. The first-order chi connectivity index (χ1) is 8.72. The number of aryl methyl sites for hydroxylation is 1. The normalized spacial score (nSPS) is 20.9. The van der Waals surface area contributed by atoms with Gasteiger partial charge in [-0.2, -0.15) is 5.10 Å². The second-order valence-corrected chi connectivity index (χ2v) is 4.57. The molecule has 1 amide bonds. The monoisotopic (exact) mass is 251 g/mol. The molecule has 0 saturated carbocycles. The molecule has 0 radical (unpaired) electrons. The van der Waals surface area contributed by atoms with E-state index < -0.39 is 0 Å². The van der Waals surface area contributed by atoms with Crippen molar-refractivity contribution >= 4 is 5.91 Å². The highest BCUT2D eigenvalue weighted by Gasteiger charge is 2.27. The Morgan fingerprint density at radius 1 is 1.67 bits per heavy atom. The number of nitrogens with zero attached hydrogens (tertiary/aromatic N) is 3. The first kappa shape index (κ1) is 13.0. The summed E-state index contributed by atoms with van der Waals surface area (Å²) in [6.07, 6.45) is 2.73. The van der Waals surface area contributed by atoms with Crippen LogP contribution in [-0.4, -0.2) is 59.9 Å². The van der Waals surface area contributed by atoms with Gasteiger partial charge in [-0.1, -0.05) is 0 Å². The molecule has 6 nitrogen and oxygen atoms in total. The van der Waals surface area contributed by atoms with E-state index in [4.69, 9.17) is 0 Å². The van der Waals surface area contributed by atoms with Crippen LogP contribution in [0.15, 0.2) is 12.3 Å². The van der Waals surface area contributed by atoms with Crippen molar-refractivity contribution in [2.24, 2.45) is 7.05 Å². The van der Waals surface area contributed by atoms with Gasteiger partial charge < -0.3 is 10.6 Å². The Kier molecular flexibility index (Phi) is 4.33. The fraction of sp³-hybridized carbons (Fsp3) is 0.667. The number of hydrogen-bond donors (Lipinski definition) is 2. The predicted octanol–water partition coefficient (Wildman–Crippen LogP) is -1.02. The molecule has 0 aliphatic carbocycles. The number of piperazine rings is 1. The maximum Gasteiger partial charge on any atom is 0.238 e. The molecular weight excluding hydrogens is 230 g/mol. The minimum atomic E-state index is -0.0584. The summed E-state index contributed by atoms with van der Waals surface area (Å²) in [6, 6.07) is 1.97. The average Bonchev–Trinajstić information content (AvgIpc) is 2.81. The van der Waals surface area contributed by atoms with Crippen LogP contribution in [-0.2, 0) is 18.3 Å². The summed E-state index contributed by atoms with van der Waals surface area (Å²) in [5, 5.41) is 10.2. The first-order valence-corrected chi connectivity index (χ1v) is 6.35. The fourth-order valence-electron chi connectivity index (χ4n) is 2.34. The van der Waals surface area contributed by atoms with Crippen molar-refractivity contribution in [2.75, 3.05) is 33.2 Å². The third kappa shape index (κ3) is 2.88. The molecule has 1 aliphatic rings. The van der Waals surface area contributed by atoms with Gasteiger partial charge in [0.15, 0.2) is 0 Å². The van der Waals surface area contributed by atoms with Gasteiger partial charge in [0.05, 0.1) is 0 Å². The summed E-state index contributed by atoms with van der Waals surface area (Å²) in [5.74, 6) is 0.0900. The van der Waals surface area contributed by atoms with Crippen LogP contribution in [0.5, 0.6) is 0 Å². The highest BCUT2D eigenvalue weighted by molar-refractivity contribution is 5.81. The standard InChI is InChI=1S/C12H21N5O/c1-13-12(18)11-9-14-6-8-17(11)7-4-10-3-5-15-16(10)2/h3,5,11,14H,4,6-9H2,1-2H3,(H,13,18). The lowest BCUT2D eigenvalue weighted by Crippen LogP contribution is -2.57. The molecule has 0 aromatic carbocycles. The molecule has 18 heavy (non-hydrogen) atoms. The SMILES string of the molecule is CNC(=O)C1CNCCN1CCc1ccnn1C. The number of nitrogens with one attached hydrogen (secondary N) is 2. The number of carbonyl (C=O) groups excluding carboxylic acids is 1. The molecule has 2 rings (SSSR count). The van der Waals surface area contributed by atoms with Crippen LogP contribution in [0.25, 0.3) is 0 Å². The smallest absolute Gasteiger partial charge is 0.238 e. The lowest BCUT2D eigenvalue weighted by Gasteiger charge is -2.34. The number of rotatable bonds is 4. The van der Waals surface area contributed by atoms with Gasteiger partial charge >= 0.3 is 0 Å². The van der Waals surface area contributed by atoms with Gasteiger partial charge in [-0.25, -0.2) is 0 Å². The molecular formula is C12H21N5O. The average molecular weight is 251 g/mol.